The van der Waals surface area contributed by atoms with Crippen molar-refractivity contribution >= 4 is 29.3 Å². The topological polar surface area (TPSA) is 111 Å². The summed E-state index contributed by atoms with van der Waals surface area (Å²) < 4.78 is 46.1. The molecule has 4 amide bonds. The first-order valence-corrected chi connectivity index (χ1v) is 17.4. The molecular weight excluding hydrogens is 611 g/mol. The van der Waals surface area contributed by atoms with Crippen molar-refractivity contribution in [2.45, 2.75) is 109 Å². The second-order valence-corrected chi connectivity index (χ2v) is 14.0. The lowest BCUT2D eigenvalue weighted by Crippen LogP contribution is -2.55. The Kier molecular flexibility index (Phi) is 12.7. The van der Waals surface area contributed by atoms with Gasteiger partial charge in [-0.2, -0.15) is 8.78 Å². The van der Waals surface area contributed by atoms with Gasteiger partial charge in [0.25, 0.3) is 5.91 Å². The van der Waals surface area contributed by atoms with Gasteiger partial charge in [0.2, 0.25) is 17.7 Å². The molecular formula is C35H52F3N5O4. The standard InChI is InChI=1S/C35H52F3N5O4/c1-5-29(44)40-30(33(46)43-19-17-42(4)18-20-43)23(3)25-15-16-28(27(36)21-25)39-32(45)31(24-13-11-22(2)12-14-24)41-34(47)35(37,38)26-9-7-6-8-10-26/h15-16,21-24,26,30-31H,5-14,17-20H2,1-4H3,(H,39,45)(H,40,44)(H,41,47)/t22?,23-,24?,30+,31-/m0/s1. The van der Waals surface area contributed by atoms with Gasteiger partial charge in [-0.3, -0.25) is 19.2 Å². The minimum Gasteiger partial charge on any atom is -0.344 e. The van der Waals surface area contributed by atoms with Crippen molar-refractivity contribution in [2.75, 3.05) is 38.5 Å². The molecule has 1 aliphatic heterocycles. The van der Waals surface area contributed by atoms with E-state index in [4.69, 9.17) is 0 Å². The average Bonchev–Trinajstić information content (AvgIpc) is 3.07. The molecule has 1 saturated heterocycles. The first-order valence-electron chi connectivity index (χ1n) is 17.4. The number of nitrogens with zero attached hydrogens (tertiary/aromatic N) is 2. The van der Waals surface area contributed by atoms with E-state index in [9.17, 15) is 19.2 Å². The molecule has 3 fully saturated rings. The third-order valence-electron chi connectivity index (χ3n) is 10.5. The number of amides is 4. The second-order valence-electron chi connectivity index (χ2n) is 14.0. The van der Waals surface area contributed by atoms with Gasteiger partial charge in [0.05, 0.1) is 5.69 Å². The number of hydrogen-bond acceptors (Lipinski definition) is 5. The molecule has 0 radical (unpaired) electrons. The summed E-state index contributed by atoms with van der Waals surface area (Å²) in [7, 11) is 1.97. The van der Waals surface area contributed by atoms with Crippen LogP contribution in [0, 0.1) is 23.6 Å². The fraction of sp³-hybridized carbons (Fsp3) is 0.714. The summed E-state index contributed by atoms with van der Waals surface area (Å²) >= 11 is 0. The van der Waals surface area contributed by atoms with E-state index in [0.717, 1.165) is 19.3 Å². The fourth-order valence-corrected chi connectivity index (χ4v) is 7.12. The first-order chi connectivity index (χ1) is 22.3. The van der Waals surface area contributed by atoms with Crippen molar-refractivity contribution in [1.82, 2.24) is 20.4 Å². The van der Waals surface area contributed by atoms with Crippen LogP contribution >= 0.6 is 0 Å². The van der Waals surface area contributed by atoms with E-state index in [1.54, 1.807) is 24.8 Å². The zero-order chi connectivity index (χ0) is 34.3. The van der Waals surface area contributed by atoms with Gasteiger partial charge in [0.15, 0.2) is 0 Å². The molecule has 0 bridgehead atoms. The van der Waals surface area contributed by atoms with Gasteiger partial charge in [0, 0.05) is 44.4 Å². The number of halogens is 3. The van der Waals surface area contributed by atoms with Gasteiger partial charge in [-0.05, 0) is 62.3 Å². The number of hydrogen-bond donors (Lipinski definition) is 3. The molecule has 262 valence electrons. The highest BCUT2D eigenvalue weighted by atomic mass is 19.3. The van der Waals surface area contributed by atoms with Gasteiger partial charge in [-0.15, -0.1) is 0 Å². The number of carbonyl (C=O) groups is 4. The van der Waals surface area contributed by atoms with Gasteiger partial charge >= 0.3 is 5.92 Å². The zero-order valence-corrected chi connectivity index (χ0v) is 28.3. The lowest BCUT2D eigenvalue weighted by molar-refractivity contribution is -0.158. The second kappa shape index (κ2) is 16.3. The molecule has 12 heteroatoms. The van der Waals surface area contributed by atoms with E-state index in [1.165, 1.54) is 12.1 Å². The van der Waals surface area contributed by atoms with Crippen molar-refractivity contribution in [2.24, 2.45) is 17.8 Å². The summed E-state index contributed by atoms with van der Waals surface area (Å²) in [6, 6.07) is 2.02. The quantitative estimate of drug-likeness (QED) is 0.307. The van der Waals surface area contributed by atoms with Crippen LogP contribution < -0.4 is 16.0 Å². The summed E-state index contributed by atoms with van der Waals surface area (Å²) in [6.45, 7) is 7.97. The lowest BCUT2D eigenvalue weighted by atomic mass is 9.78. The fourth-order valence-electron chi connectivity index (χ4n) is 7.12. The Hall–Kier alpha value is -3.15. The number of carbonyl (C=O) groups excluding carboxylic acids is 4. The van der Waals surface area contributed by atoms with Crippen molar-refractivity contribution in [3.05, 3.63) is 29.6 Å². The summed E-state index contributed by atoms with van der Waals surface area (Å²) in [5.41, 5.74) is 0.288. The van der Waals surface area contributed by atoms with Crippen LogP contribution in [0.3, 0.4) is 0 Å². The molecule has 1 aromatic rings. The van der Waals surface area contributed by atoms with Crippen molar-refractivity contribution < 1.29 is 32.3 Å². The molecule has 0 unspecified atom stereocenters. The third kappa shape index (κ3) is 9.27. The molecule has 0 spiro atoms. The van der Waals surface area contributed by atoms with E-state index in [2.05, 4.69) is 27.8 Å². The molecule has 4 rings (SSSR count). The number of nitrogens with one attached hydrogen (secondary N) is 3. The Morgan fingerprint density at radius 2 is 1.57 bits per heavy atom. The predicted octanol–water partition coefficient (Wildman–Crippen LogP) is 5.06. The molecule has 0 aromatic heterocycles. The Morgan fingerprint density at radius 1 is 0.936 bits per heavy atom. The van der Waals surface area contributed by atoms with Gasteiger partial charge in [-0.25, -0.2) is 4.39 Å². The number of rotatable bonds is 11. The third-order valence-corrected chi connectivity index (χ3v) is 10.5. The van der Waals surface area contributed by atoms with Crippen LogP contribution in [0.4, 0.5) is 18.9 Å². The highest BCUT2D eigenvalue weighted by molar-refractivity contribution is 5.98. The number of alkyl halides is 2. The number of likely N-dealkylation sites (N-methyl/N-ethyl adjacent to an activating group) is 1. The number of anilines is 1. The monoisotopic (exact) mass is 663 g/mol. The largest absolute Gasteiger partial charge is 0.344 e. The number of benzene rings is 1. The predicted molar refractivity (Wildman–Crippen MR) is 174 cm³/mol. The van der Waals surface area contributed by atoms with Gasteiger partial charge in [0.1, 0.15) is 17.9 Å². The average molecular weight is 664 g/mol. The maximum absolute atomic E-state index is 15.6. The van der Waals surface area contributed by atoms with Gasteiger partial charge < -0.3 is 25.8 Å². The Morgan fingerprint density at radius 3 is 2.17 bits per heavy atom. The summed E-state index contributed by atoms with van der Waals surface area (Å²) in [5, 5.41) is 7.74. The molecule has 1 aromatic carbocycles. The van der Waals surface area contributed by atoms with E-state index in [0.29, 0.717) is 63.3 Å². The Balaban J connectivity index is 1.51. The van der Waals surface area contributed by atoms with Crippen LogP contribution in [0.5, 0.6) is 0 Å². The molecule has 47 heavy (non-hydrogen) atoms. The summed E-state index contributed by atoms with van der Waals surface area (Å²) in [5.74, 6) is -8.68. The number of piperazine rings is 1. The van der Waals surface area contributed by atoms with Crippen LogP contribution in [-0.2, 0) is 19.2 Å². The van der Waals surface area contributed by atoms with Crippen LogP contribution in [0.1, 0.15) is 96.5 Å². The summed E-state index contributed by atoms with van der Waals surface area (Å²) in [4.78, 5) is 56.3. The molecule has 9 nitrogen and oxygen atoms in total. The zero-order valence-electron chi connectivity index (χ0n) is 28.3. The van der Waals surface area contributed by atoms with Gasteiger partial charge in [-0.1, -0.05) is 58.9 Å². The van der Waals surface area contributed by atoms with Crippen LogP contribution in [0.15, 0.2) is 18.2 Å². The first kappa shape index (κ1) is 36.7. The maximum atomic E-state index is 15.6. The molecule has 3 atom stereocenters. The lowest BCUT2D eigenvalue weighted by Gasteiger charge is -2.36. The smallest absolute Gasteiger partial charge is 0.327 e. The minimum atomic E-state index is -3.60. The Labute approximate surface area is 276 Å². The van der Waals surface area contributed by atoms with E-state index < -0.39 is 47.5 Å². The molecule has 1 heterocycles. The molecule has 3 N–H and O–H groups in total. The van der Waals surface area contributed by atoms with Crippen molar-refractivity contribution in [3.8, 4) is 0 Å². The SMILES string of the molecule is CCC(=O)N[C@@H](C(=O)N1CCN(C)CC1)[C@@H](C)c1ccc(NC(=O)[C@@H](NC(=O)C(F)(F)C2CCCCC2)C2CCC(C)CC2)c(F)c1. The summed E-state index contributed by atoms with van der Waals surface area (Å²) in [6.07, 6.45) is 5.62. The van der Waals surface area contributed by atoms with Crippen molar-refractivity contribution in [3.63, 3.8) is 0 Å². The molecule has 3 aliphatic rings. The van der Waals surface area contributed by atoms with Crippen LogP contribution in [0.2, 0.25) is 0 Å². The minimum absolute atomic E-state index is 0.159. The van der Waals surface area contributed by atoms with Crippen LogP contribution in [0.25, 0.3) is 0 Å². The molecule has 2 saturated carbocycles. The van der Waals surface area contributed by atoms with E-state index in [-0.39, 0.29) is 42.7 Å². The van der Waals surface area contributed by atoms with E-state index in [1.807, 2.05) is 7.05 Å². The Bertz CT molecular complexity index is 1260. The van der Waals surface area contributed by atoms with Crippen LogP contribution in [-0.4, -0.2) is 84.7 Å². The highest BCUT2D eigenvalue weighted by Gasteiger charge is 2.49. The normalized spacial score (nSPS) is 23.3. The van der Waals surface area contributed by atoms with Crippen molar-refractivity contribution in [1.29, 1.82) is 0 Å². The van der Waals surface area contributed by atoms with E-state index >= 15 is 13.2 Å². The maximum Gasteiger partial charge on any atom is 0.327 e. The highest BCUT2D eigenvalue weighted by Crippen LogP contribution is 2.38. The molecule has 2 aliphatic carbocycles.